The molecule has 1 aromatic rings. The topological polar surface area (TPSA) is 137 Å². The van der Waals surface area contributed by atoms with Crippen molar-refractivity contribution in [3.63, 3.8) is 0 Å². The smallest absolute Gasteiger partial charge is 0.237 e. The first kappa shape index (κ1) is 16.6. The lowest BCUT2D eigenvalue weighted by atomic mass is 10.2. The molecule has 0 radical (unpaired) electrons. The molecule has 0 spiro atoms. The summed E-state index contributed by atoms with van der Waals surface area (Å²) in [5, 5.41) is 17.8. The molecule has 0 aliphatic carbocycles. The van der Waals surface area contributed by atoms with Gasteiger partial charge in [-0.15, -0.1) is 0 Å². The van der Waals surface area contributed by atoms with Gasteiger partial charge >= 0.3 is 0 Å². The van der Waals surface area contributed by atoms with Crippen molar-refractivity contribution in [2.45, 2.75) is 17.8 Å². The fraction of sp³-hybridized carbons (Fsp3) is 0.308. The maximum atomic E-state index is 12.0. The summed E-state index contributed by atoms with van der Waals surface area (Å²) in [6, 6.07) is 10.4. The molecule has 110 valence electrons. The average molecular weight is 306 g/mol. The van der Waals surface area contributed by atoms with Gasteiger partial charge in [-0.2, -0.15) is 10.5 Å². The number of carbonyl (C=O) groups is 1. The van der Waals surface area contributed by atoms with Crippen LogP contribution in [0.5, 0.6) is 0 Å². The molecule has 21 heavy (non-hydrogen) atoms. The van der Waals surface area contributed by atoms with E-state index in [1.165, 1.54) is 12.1 Å². The Bertz CT molecular complexity index is 660. The van der Waals surface area contributed by atoms with Crippen LogP contribution in [0.2, 0.25) is 0 Å². The van der Waals surface area contributed by atoms with Gasteiger partial charge in [0.25, 0.3) is 0 Å². The number of hydrogen-bond donors (Lipinski definition) is 2. The Hall–Kier alpha value is -2.42. The van der Waals surface area contributed by atoms with Gasteiger partial charge in [-0.3, -0.25) is 4.79 Å². The molecule has 0 aliphatic heterocycles. The van der Waals surface area contributed by atoms with Gasteiger partial charge in [0.05, 0.1) is 0 Å². The zero-order chi connectivity index (χ0) is 15.9. The number of hydrogen-bond acceptors (Lipinski definition) is 6. The summed E-state index contributed by atoms with van der Waals surface area (Å²) in [5.41, 5.74) is 6.37. The number of sulfone groups is 1. The second kappa shape index (κ2) is 7.39. The molecule has 8 heteroatoms. The molecule has 0 saturated heterocycles. The predicted octanol–water partition coefficient (Wildman–Crippen LogP) is -0.539. The lowest BCUT2D eigenvalue weighted by Gasteiger charge is -2.13. The Morgan fingerprint density at radius 1 is 1.24 bits per heavy atom. The molecule has 7 nitrogen and oxygen atoms in total. The monoisotopic (exact) mass is 306 g/mol. The first-order valence-electron chi connectivity index (χ1n) is 5.98. The third kappa shape index (κ3) is 5.22. The minimum Gasteiger partial charge on any atom is -0.328 e. The van der Waals surface area contributed by atoms with E-state index in [0.717, 1.165) is 5.56 Å². The van der Waals surface area contributed by atoms with E-state index >= 15 is 0 Å². The van der Waals surface area contributed by atoms with Crippen LogP contribution in [-0.2, 0) is 21.1 Å². The maximum Gasteiger partial charge on any atom is 0.237 e. The van der Waals surface area contributed by atoms with Crippen molar-refractivity contribution in [1.82, 2.24) is 5.32 Å². The van der Waals surface area contributed by atoms with Crippen molar-refractivity contribution >= 4 is 15.7 Å². The normalized spacial score (nSPS) is 12.2. The largest absolute Gasteiger partial charge is 0.328 e. The van der Waals surface area contributed by atoms with E-state index in [0.29, 0.717) is 0 Å². The molecular weight excluding hydrogens is 292 g/mol. The molecule has 0 heterocycles. The van der Waals surface area contributed by atoms with E-state index in [4.69, 9.17) is 16.3 Å². The number of nitrogens with one attached hydrogen (secondary N) is 1. The van der Waals surface area contributed by atoms with E-state index in [2.05, 4.69) is 0 Å². The summed E-state index contributed by atoms with van der Waals surface area (Å²) >= 11 is 0. The maximum absolute atomic E-state index is 12.0. The number of rotatable bonds is 6. The summed E-state index contributed by atoms with van der Waals surface area (Å²) in [6.45, 7) is 0. The lowest BCUT2D eigenvalue weighted by Crippen LogP contribution is -2.42. The van der Waals surface area contributed by atoms with Crippen LogP contribution in [0.1, 0.15) is 5.56 Å². The third-order valence-corrected chi connectivity index (χ3v) is 4.39. The number of nitriles is 2. The number of benzene rings is 1. The SMILES string of the molecule is N#CC(C#N)NC(=O)CS(=O)(=O)[C@@H](N)Cc1ccccc1. The molecule has 1 atom stereocenters. The van der Waals surface area contributed by atoms with Gasteiger partial charge in [0.15, 0.2) is 9.84 Å². The summed E-state index contributed by atoms with van der Waals surface area (Å²) in [7, 11) is -3.87. The Labute approximate surface area is 122 Å². The molecule has 0 bridgehead atoms. The fourth-order valence-corrected chi connectivity index (χ4v) is 2.67. The van der Waals surface area contributed by atoms with E-state index in [1.807, 2.05) is 5.32 Å². The van der Waals surface area contributed by atoms with Crippen LogP contribution in [0.4, 0.5) is 0 Å². The van der Waals surface area contributed by atoms with Crippen molar-refractivity contribution < 1.29 is 13.2 Å². The first-order chi connectivity index (χ1) is 9.89. The van der Waals surface area contributed by atoms with Crippen LogP contribution in [0.15, 0.2) is 30.3 Å². The lowest BCUT2D eigenvalue weighted by molar-refractivity contribution is -0.118. The Morgan fingerprint density at radius 2 is 1.81 bits per heavy atom. The van der Waals surface area contributed by atoms with Crippen LogP contribution in [0.3, 0.4) is 0 Å². The highest BCUT2D eigenvalue weighted by Gasteiger charge is 2.26. The number of amides is 1. The zero-order valence-corrected chi connectivity index (χ0v) is 11.9. The summed E-state index contributed by atoms with van der Waals surface area (Å²) < 4.78 is 23.9. The zero-order valence-electron chi connectivity index (χ0n) is 11.1. The molecule has 3 N–H and O–H groups in total. The molecule has 0 unspecified atom stereocenters. The van der Waals surface area contributed by atoms with Gasteiger partial charge in [-0.1, -0.05) is 30.3 Å². The molecule has 0 saturated carbocycles. The average Bonchev–Trinajstić information content (AvgIpc) is 2.45. The van der Waals surface area contributed by atoms with Crippen LogP contribution in [-0.4, -0.2) is 31.5 Å². The second-order valence-electron chi connectivity index (χ2n) is 4.29. The molecule has 1 rings (SSSR count). The number of nitrogens with two attached hydrogens (primary N) is 1. The van der Waals surface area contributed by atoms with Crippen molar-refractivity contribution in [3.8, 4) is 12.1 Å². The van der Waals surface area contributed by atoms with E-state index in [9.17, 15) is 13.2 Å². The molecular formula is C13H14N4O3S. The Balaban J connectivity index is 2.67. The van der Waals surface area contributed by atoms with Crippen molar-refractivity contribution in [3.05, 3.63) is 35.9 Å². The Kier molecular flexibility index (Phi) is 5.85. The highest BCUT2D eigenvalue weighted by Crippen LogP contribution is 2.07. The molecule has 0 fully saturated rings. The number of carbonyl (C=O) groups excluding carboxylic acids is 1. The van der Waals surface area contributed by atoms with Gasteiger partial charge < -0.3 is 11.1 Å². The molecule has 0 aromatic heterocycles. The highest BCUT2D eigenvalue weighted by atomic mass is 32.2. The van der Waals surface area contributed by atoms with E-state index in [1.54, 1.807) is 30.3 Å². The minimum atomic E-state index is -3.87. The number of nitrogens with zero attached hydrogens (tertiary/aromatic N) is 2. The predicted molar refractivity (Wildman–Crippen MR) is 75.1 cm³/mol. The second-order valence-corrected chi connectivity index (χ2v) is 6.51. The summed E-state index contributed by atoms with van der Waals surface area (Å²) in [5.74, 6) is -1.78. The van der Waals surface area contributed by atoms with Crippen LogP contribution >= 0.6 is 0 Å². The van der Waals surface area contributed by atoms with Gasteiger partial charge in [-0.25, -0.2) is 8.42 Å². The van der Waals surface area contributed by atoms with Gasteiger partial charge in [0.2, 0.25) is 11.9 Å². The summed E-state index contributed by atoms with van der Waals surface area (Å²) in [6.07, 6.45) is 0.0797. The molecule has 0 aliphatic rings. The van der Waals surface area contributed by atoms with Gasteiger partial charge in [0, 0.05) is 6.42 Å². The van der Waals surface area contributed by atoms with E-state index < -0.39 is 32.9 Å². The quantitative estimate of drug-likeness (QED) is 0.724. The van der Waals surface area contributed by atoms with E-state index in [-0.39, 0.29) is 6.42 Å². The van der Waals surface area contributed by atoms with Crippen molar-refractivity contribution in [2.75, 3.05) is 5.75 Å². The van der Waals surface area contributed by atoms with Crippen LogP contribution < -0.4 is 11.1 Å². The van der Waals surface area contributed by atoms with Crippen LogP contribution in [0, 0.1) is 22.7 Å². The standard InChI is InChI=1S/C13H14N4O3S/c14-7-11(8-15)17-13(18)9-21(19,20)12(16)6-10-4-2-1-3-5-10/h1-5,11-12H,6,9,16H2,(H,17,18)/t12-/m1/s1. The Morgan fingerprint density at radius 3 is 2.33 bits per heavy atom. The molecule has 1 amide bonds. The summed E-state index contributed by atoms with van der Waals surface area (Å²) in [4.78, 5) is 11.5. The van der Waals surface area contributed by atoms with Crippen molar-refractivity contribution in [2.24, 2.45) is 5.73 Å². The van der Waals surface area contributed by atoms with Crippen LogP contribution in [0.25, 0.3) is 0 Å². The van der Waals surface area contributed by atoms with Gasteiger partial charge in [-0.05, 0) is 5.56 Å². The van der Waals surface area contributed by atoms with Crippen molar-refractivity contribution in [1.29, 1.82) is 10.5 Å². The third-order valence-electron chi connectivity index (χ3n) is 2.64. The highest BCUT2D eigenvalue weighted by molar-refractivity contribution is 7.92. The first-order valence-corrected chi connectivity index (χ1v) is 7.70. The fourth-order valence-electron chi connectivity index (χ4n) is 1.56. The van der Waals surface area contributed by atoms with Gasteiger partial charge in [0.1, 0.15) is 23.3 Å². The molecule has 1 aromatic carbocycles. The minimum absolute atomic E-state index is 0.0797.